The molecule has 1 fully saturated rings. The predicted octanol–water partition coefficient (Wildman–Crippen LogP) is 1.43. The molecule has 2 rings (SSSR count). The van der Waals surface area contributed by atoms with E-state index in [4.69, 9.17) is 0 Å². The van der Waals surface area contributed by atoms with Crippen molar-refractivity contribution in [2.45, 2.75) is 25.8 Å². The van der Waals surface area contributed by atoms with Crippen LogP contribution in [0.2, 0.25) is 0 Å². The second kappa shape index (κ2) is 6.50. The minimum atomic E-state index is 0.217. The molecule has 0 spiro atoms. The molecule has 0 saturated carbocycles. The van der Waals surface area contributed by atoms with Crippen LogP contribution >= 0.6 is 0 Å². The van der Waals surface area contributed by atoms with Gasteiger partial charge < -0.3 is 10.2 Å². The molecular weight excluding hydrogens is 226 g/mol. The Balaban J connectivity index is 1.81. The number of aromatic nitrogens is 1. The van der Waals surface area contributed by atoms with E-state index in [9.17, 15) is 4.79 Å². The highest BCUT2D eigenvalue weighted by molar-refractivity contribution is 5.76. The molecule has 4 heteroatoms. The summed E-state index contributed by atoms with van der Waals surface area (Å²) in [5.41, 5.74) is 0.940. The van der Waals surface area contributed by atoms with Crippen molar-refractivity contribution < 1.29 is 4.79 Å². The summed E-state index contributed by atoms with van der Waals surface area (Å²) in [4.78, 5) is 18.1. The maximum atomic E-state index is 12.1. The first kappa shape index (κ1) is 13.0. The molecule has 1 aliphatic rings. The molecule has 0 aliphatic carbocycles. The Morgan fingerprint density at radius 1 is 1.56 bits per heavy atom. The van der Waals surface area contributed by atoms with E-state index in [-0.39, 0.29) is 5.91 Å². The zero-order valence-corrected chi connectivity index (χ0v) is 10.9. The van der Waals surface area contributed by atoms with Crippen molar-refractivity contribution >= 4 is 5.91 Å². The Hall–Kier alpha value is -1.42. The van der Waals surface area contributed by atoms with E-state index in [2.05, 4.69) is 10.3 Å². The first-order chi connectivity index (χ1) is 8.75. The number of rotatable bonds is 4. The maximum Gasteiger partial charge on any atom is 0.222 e. The van der Waals surface area contributed by atoms with Crippen LogP contribution in [0.15, 0.2) is 24.4 Å². The smallest absolute Gasteiger partial charge is 0.222 e. The summed E-state index contributed by atoms with van der Waals surface area (Å²) in [5.74, 6) is 0.715. The van der Waals surface area contributed by atoms with Crippen LogP contribution in [-0.2, 0) is 11.3 Å². The molecule has 1 N–H and O–H groups in total. The second-order valence-corrected chi connectivity index (χ2v) is 4.99. The average molecular weight is 247 g/mol. The molecular formula is C14H21N3O. The molecule has 1 amide bonds. The third kappa shape index (κ3) is 3.81. The third-order valence-electron chi connectivity index (χ3n) is 3.41. The van der Waals surface area contributed by atoms with Gasteiger partial charge in [0.25, 0.3) is 0 Å². The first-order valence-corrected chi connectivity index (χ1v) is 6.60. The summed E-state index contributed by atoms with van der Waals surface area (Å²) in [6.45, 7) is 2.66. The van der Waals surface area contributed by atoms with Gasteiger partial charge in [-0.3, -0.25) is 9.78 Å². The molecule has 0 bridgehead atoms. The van der Waals surface area contributed by atoms with Crippen molar-refractivity contribution in [3.05, 3.63) is 30.1 Å². The Labute approximate surface area is 108 Å². The molecule has 1 aromatic heterocycles. The van der Waals surface area contributed by atoms with Crippen molar-refractivity contribution in [3.63, 3.8) is 0 Å². The van der Waals surface area contributed by atoms with E-state index >= 15 is 0 Å². The highest BCUT2D eigenvalue weighted by Crippen LogP contribution is 2.15. The molecule has 0 radical (unpaired) electrons. The van der Waals surface area contributed by atoms with Crippen LogP contribution in [0.5, 0.6) is 0 Å². The fourth-order valence-corrected chi connectivity index (χ4v) is 2.32. The van der Waals surface area contributed by atoms with Crippen molar-refractivity contribution in [2.75, 3.05) is 20.1 Å². The normalized spacial score (nSPS) is 19.5. The van der Waals surface area contributed by atoms with Gasteiger partial charge in [-0.05, 0) is 44.0 Å². The van der Waals surface area contributed by atoms with Crippen molar-refractivity contribution in [1.82, 2.24) is 15.2 Å². The summed E-state index contributed by atoms with van der Waals surface area (Å²) in [5, 5.41) is 3.35. The van der Waals surface area contributed by atoms with Gasteiger partial charge in [0.05, 0.1) is 12.2 Å². The van der Waals surface area contributed by atoms with Crippen molar-refractivity contribution in [1.29, 1.82) is 0 Å². The van der Waals surface area contributed by atoms with Gasteiger partial charge in [-0.1, -0.05) is 6.07 Å². The second-order valence-electron chi connectivity index (χ2n) is 4.99. The summed E-state index contributed by atoms with van der Waals surface area (Å²) < 4.78 is 0. The van der Waals surface area contributed by atoms with E-state index in [1.807, 2.05) is 25.2 Å². The van der Waals surface area contributed by atoms with Crippen LogP contribution < -0.4 is 5.32 Å². The fraction of sp³-hybridized carbons (Fsp3) is 0.571. The van der Waals surface area contributed by atoms with Gasteiger partial charge >= 0.3 is 0 Å². The van der Waals surface area contributed by atoms with Gasteiger partial charge in [0.2, 0.25) is 5.91 Å². The summed E-state index contributed by atoms with van der Waals surface area (Å²) in [6.07, 6.45) is 4.76. The number of nitrogens with one attached hydrogen (secondary N) is 1. The molecule has 1 atom stereocenters. The van der Waals surface area contributed by atoms with Gasteiger partial charge in [-0.2, -0.15) is 0 Å². The minimum absolute atomic E-state index is 0.217. The number of pyridine rings is 1. The minimum Gasteiger partial charge on any atom is -0.340 e. The molecule has 2 heterocycles. The summed E-state index contributed by atoms with van der Waals surface area (Å²) >= 11 is 0. The number of carbonyl (C=O) groups is 1. The molecule has 98 valence electrons. The van der Waals surface area contributed by atoms with Crippen LogP contribution in [-0.4, -0.2) is 35.9 Å². The van der Waals surface area contributed by atoms with Crippen LogP contribution in [0.25, 0.3) is 0 Å². The quantitative estimate of drug-likeness (QED) is 0.875. The third-order valence-corrected chi connectivity index (χ3v) is 3.41. The number of nitrogens with zero attached hydrogens (tertiary/aromatic N) is 2. The van der Waals surface area contributed by atoms with Crippen molar-refractivity contribution in [3.8, 4) is 0 Å². The molecule has 1 saturated heterocycles. The predicted molar refractivity (Wildman–Crippen MR) is 70.9 cm³/mol. The van der Waals surface area contributed by atoms with Gasteiger partial charge in [-0.25, -0.2) is 0 Å². The maximum absolute atomic E-state index is 12.1. The lowest BCUT2D eigenvalue weighted by atomic mass is 9.95. The van der Waals surface area contributed by atoms with Gasteiger partial charge in [0, 0.05) is 19.7 Å². The SMILES string of the molecule is CN(Cc1ccccn1)C(=O)CC1CCCNC1. The molecule has 0 aromatic carbocycles. The summed E-state index contributed by atoms with van der Waals surface area (Å²) in [7, 11) is 1.85. The van der Waals surface area contributed by atoms with Crippen LogP contribution in [0, 0.1) is 5.92 Å². The van der Waals surface area contributed by atoms with E-state index in [1.54, 1.807) is 11.1 Å². The largest absolute Gasteiger partial charge is 0.340 e. The van der Waals surface area contributed by atoms with Gasteiger partial charge in [0.1, 0.15) is 0 Å². The van der Waals surface area contributed by atoms with E-state index in [0.29, 0.717) is 18.9 Å². The average Bonchev–Trinajstić information content (AvgIpc) is 2.41. The van der Waals surface area contributed by atoms with E-state index in [1.165, 1.54) is 6.42 Å². The summed E-state index contributed by atoms with van der Waals surface area (Å²) in [6, 6.07) is 5.79. The first-order valence-electron chi connectivity index (χ1n) is 6.60. The zero-order chi connectivity index (χ0) is 12.8. The number of amides is 1. The molecule has 1 unspecified atom stereocenters. The standard InChI is InChI=1S/C14H21N3O/c1-17(11-13-6-2-3-8-16-13)14(18)9-12-5-4-7-15-10-12/h2-3,6,8,12,15H,4-5,7,9-11H2,1H3. The molecule has 18 heavy (non-hydrogen) atoms. The number of piperidine rings is 1. The van der Waals surface area contributed by atoms with E-state index < -0.39 is 0 Å². The van der Waals surface area contributed by atoms with E-state index in [0.717, 1.165) is 25.2 Å². The van der Waals surface area contributed by atoms with Crippen LogP contribution in [0.1, 0.15) is 25.0 Å². The highest BCUT2D eigenvalue weighted by atomic mass is 16.2. The Morgan fingerprint density at radius 3 is 3.11 bits per heavy atom. The monoisotopic (exact) mass is 247 g/mol. The Kier molecular flexibility index (Phi) is 4.70. The lowest BCUT2D eigenvalue weighted by Gasteiger charge is -2.24. The number of hydrogen-bond donors (Lipinski definition) is 1. The molecule has 4 nitrogen and oxygen atoms in total. The lowest BCUT2D eigenvalue weighted by molar-refractivity contribution is -0.131. The molecule has 1 aromatic rings. The van der Waals surface area contributed by atoms with Crippen LogP contribution in [0.4, 0.5) is 0 Å². The van der Waals surface area contributed by atoms with Gasteiger partial charge in [-0.15, -0.1) is 0 Å². The van der Waals surface area contributed by atoms with Crippen molar-refractivity contribution in [2.24, 2.45) is 5.92 Å². The zero-order valence-electron chi connectivity index (χ0n) is 10.9. The Bertz CT molecular complexity index is 374. The lowest BCUT2D eigenvalue weighted by Crippen LogP contribution is -2.35. The van der Waals surface area contributed by atoms with Gasteiger partial charge in [0.15, 0.2) is 0 Å². The number of hydrogen-bond acceptors (Lipinski definition) is 3. The highest BCUT2D eigenvalue weighted by Gasteiger charge is 2.19. The topological polar surface area (TPSA) is 45.2 Å². The molecule has 1 aliphatic heterocycles. The number of carbonyl (C=O) groups excluding carboxylic acids is 1. The fourth-order valence-electron chi connectivity index (χ4n) is 2.32. The Morgan fingerprint density at radius 2 is 2.44 bits per heavy atom. The van der Waals surface area contributed by atoms with Crippen LogP contribution in [0.3, 0.4) is 0 Å².